The second-order valence-corrected chi connectivity index (χ2v) is 3.99. The van der Waals surface area contributed by atoms with Gasteiger partial charge in [0.25, 0.3) is 0 Å². The molecule has 0 amide bonds. The van der Waals surface area contributed by atoms with Gasteiger partial charge in [-0.25, -0.2) is 4.98 Å². The van der Waals surface area contributed by atoms with Crippen LogP contribution < -0.4 is 11.5 Å². The normalized spacial score (nSPS) is 8.93. The number of hydrogen-bond acceptors (Lipinski definition) is 4. The second kappa shape index (κ2) is 5.24. The summed E-state index contributed by atoms with van der Waals surface area (Å²) in [6, 6.07) is 9.49. The summed E-state index contributed by atoms with van der Waals surface area (Å²) in [6.45, 7) is 1.98. The zero-order valence-corrected chi connectivity index (χ0v) is 8.79. The van der Waals surface area contributed by atoms with Crippen LogP contribution in [-0.2, 0) is 0 Å². The Bertz CT molecular complexity index is 353. The van der Waals surface area contributed by atoms with Crippen molar-refractivity contribution in [1.29, 1.82) is 0 Å². The molecule has 1 heterocycles. The lowest BCUT2D eigenvalue weighted by Gasteiger charge is -1.83. The van der Waals surface area contributed by atoms with Crippen molar-refractivity contribution in [3.8, 4) is 0 Å². The Kier molecular flexibility index (Phi) is 3.94. The molecule has 0 aliphatic carbocycles. The van der Waals surface area contributed by atoms with Crippen molar-refractivity contribution < 1.29 is 0 Å². The lowest BCUT2D eigenvalue weighted by molar-refractivity contribution is 1.39. The van der Waals surface area contributed by atoms with E-state index in [1.165, 1.54) is 11.3 Å². The lowest BCUT2D eigenvalue weighted by atomic mass is 10.3. The number of aryl methyl sites for hydroxylation is 1. The van der Waals surface area contributed by atoms with Gasteiger partial charge in [-0.2, -0.15) is 0 Å². The van der Waals surface area contributed by atoms with Gasteiger partial charge in [0, 0.05) is 16.8 Å². The fraction of sp³-hybridized carbons (Fsp3) is 0.100. The molecule has 0 aliphatic heterocycles. The number of para-hydroxylation sites is 1. The van der Waals surface area contributed by atoms with E-state index >= 15 is 0 Å². The number of nitrogens with zero attached hydrogens (tertiary/aromatic N) is 1. The van der Waals surface area contributed by atoms with Crippen LogP contribution in [0.4, 0.5) is 10.8 Å². The average molecular weight is 207 g/mol. The number of nitrogens with two attached hydrogens (primary N) is 2. The van der Waals surface area contributed by atoms with Gasteiger partial charge < -0.3 is 11.5 Å². The summed E-state index contributed by atoms with van der Waals surface area (Å²) < 4.78 is 0. The molecule has 0 saturated carbocycles. The first kappa shape index (κ1) is 10.5. The lowest BCUT2D eigenvalue weighted by Crippen LogP contribution is -1.79. The van der Waals surface area contributed by atoms with Crippen molar-refractivity contribution in [2.45, 2.75) is 6.92 Å². The predicted molar refractivity (Wildman–Crippen MR) is 62.1 cm³/mol. The van der Waals surface area contributed by atoms with Crippen LogP contribution >= 0.6 is 11.3 Å². The highest BCUT2D eigenvalue weighted by atomic mass is 32.1. The zero-order chi connectivity index (χ0) is 10.4. The molecule has 0 saturated heterocycles. The molecule has 4 heteroatoms. The van der Waals surface area contributed by atoms with Crippen molar-refractivity contribution >= 4 is 22.2 Å². The largest absolute Gasteiger partial charge is 0.399 e. The molecule has 0 bridgehead atoms. The highest BCUT2D eigenvalue weighted by Crippen LogP contribution is 2.11. The summed E-state index contributed by atoms with van der Waals surface area (Å²) in [5.41, 5.74) is 11.5. The fourth-order valence-electron chi connectivity index (χ4n) is 0.825. The van der Waals surface area contributed by atoms with Crippen LogP contribution in [-0.4, -0.2) is 4.98 Å². The van der Waals surface area contributed by atoms with E-state index in [4.69, 9.17) is 11.5 Å². The molecule has 0 aliphatic rings. The van der Waals surface area contributed by atoms with E-state index in [2.05, 4.69) is 4.98 Å². The maximum absolute atomic E-state index is 5.36. The van der Waals surface area contributed by atoms with Gasteiger partial charge in [-0.15, -0.1) is 11.3 Å². The highest BCUT2D eigenvalue weighted by Gasteiger charge is 1.86. The summed E-state index contributed by atoms with van der Waals surface area (Å²) >= 11 is 1.51. The molecular weight excluding hydrogens is 194 g/mol. The van der Waals surface area contributed by atoms with Crippen LogP contribution in [0.5, 0.6) is 0 Å². The van der Waals surface area contributed by atoms with E-state index in [0.29, 0.717) is 5.13 Å². The Balaban J connectivity index is 0.000000140. The monoisotopic (exact) mass is 207 g/mol. The first-order chi connectivity index (χ1) is 6.68. The summed E-state index contributed by atoms with van der Waals surface area (Å²) in [5, 5.41) is 0.650. The van der Waals surface area contributed by atoms with Gasteiger partial charge in [0.05, 0.1) is 0 Å². The van der Waals surface area contributed by atoms with E-state index < -0.39 is 0 Å². The third-order valence-electron chi connectivity index (χ3n) is 1.44. The van der Waals surface area contributed by atoms with Crippen molar-refractivity contribution in [3.63, 3.8) is 0 Å². The van der Waals surface area contributed by atoms with E-state index in [1.807, 2.05) is 37.3 Å². The van der Waals surface area contributed by atoms with Gasteiger partial charge in [0.2, 0.25) is 0 Å². The van der Waals surface area contributed by atoms with Crippen molar-refractivity contribution in [1.82, 2.24) is 4.98 Å². The van der Waals surface area contributed by atoms with E-state index in [1.54, 1.807) is 6.20 Å². The molecule has 0 unspecified atom stereocenters. The number of thiazole rings is 1. The highest BCUT2D eigenvalue weighted by molar-refractivity contribution is 7.15. The number of hydrogen-bond donors (Lipinski definition) is 2. The van der Waals surface area contributed by atoms with Crippen LogP contribution in [0.3, 0.4) is 0 Å². The van der Waals surface area contributed by atoms with Gasteiger partial charge in [0.1, 0.15) is 0 Å². The summed E-state index contributed by atoms with van der Waals surface area (Å²) in [7, 11) is 0. The van der Waals surface area contributed by atoms with Crippen LogP contribution in [0, 0.1) is 6.92 Å². The molecule has 0 fully saturated rings. The quantitative estimate of drug-likeness (QED) is 0.651. The molecular formula is C10H13N3S. The summed E-state index contributed by atoms with van der Waals surface area (Å²) in [5.74, 6) is 0. The third-order valence-corrected chi connectivity index (χ3v) is 2.18. The molecule has 4 N–H and O–H groups in total. The Labute approximate surface area is 87.4 Å². The maximum atomic E-state index is 5.36. The first-order valence-corrected chi connectivity index (χ1v) is 4.98. The summed E-state index contributed by atoms with van der Waals surface area (Å²) in [4.78, 5) is 4.98. The van der Waals surface area contributed by atoms with E-state index in [9.17, 15) is 0 Å². The Hall–Kier alpha value is -1.55. The zero-order valence-electron chi connectivity index (χ0n) is 7.97. The van der Waals surface area contributed by atoms with Gasteiger partial charge in [-0.3, -0.25) is 0 Å². The first-order valence-electron chi connectivity index (χ1n) is 4.17. The Morgan fingerprint density at radius 1 is 1.14 bits per heavy atom. The predicted octanol–water partition coefficient (Wildman–Crippen LogP) is 2.30. The molecule has 3 nitrogen and oxygen atoms in total. The van der Waals surface area contributed by atoms with Crippen LogP contribution in [0.1, 0.15) is 4.88 Å². The molecule has 74 valence electrons. The molecule has 1 aromatic heterocycles. The van der Waals surface area contributed by atoms with Crippen molar-refractivity contribution in [2.24, 2.45) is 0 Å². The van der Waals surface area contributed by atoms with Crippen LogP contribution in [0.25, 0.3) is 0 Å². The van der Waals surface area contributed by atoms with E-state index in [0.717, 1.165) is 10.6 Å². The minimum atomic E-state index is 0.650. The number of anilines is 2. The molecule has 14 heavy (non-hydrogen) atoms. The van der Waals surface area contributed by atoms with Gasteiger partial charge in [0.15, 0.2) is 5.13 Å². The standard InChI is InChI=1S/C6H7N.C4H6N2S/c7-6-4-2-1-3-5-6;1-3-2-6-4(5)7-3/h1-5H,7H2;2H,1H3,(H2,5,6). The fourth-order valence-corrected chi connectivity index (χ4v) is 1.37. The minimum absolute atomic E-state index is 0.650. The topological polar surface area (TPSA) is 64.9 Å². The second-order valence-electron chi connectivity index (χ2n) is 2.72. The molecule has 2 aromatic rings. The van der Waals surface area contributed by atoms with Gasteiger partial charge in [-0.05, 0) is 19.1 Å². The minimum Gasteiger partial charge on any atom is -0.399 e. The molecule has 2 rings (SSSR count). The number of benzene rings is 1. The van der Waals surface area contributed by atoms with Crippen LogP contribution in [0.15, 0.2) is 36.5 Å². The molecule has 0 radical (unpaired) electrons. The van der Waals surface area contributed by atoms with Gasteiger partial charge >= 0.3 is 0 Å². The molecule has 0 spiro atoms. The molecule has 0 atom stereocenters. The van der Waals surface area contributed by atoms with Crippen molar-refractivity contribution in [2.75, 3.05) is 11.5 Å². The smallest absolute Gasteiger partial charge is 0.180 e. The SMILES string of the molecule is Cc1cnc(N)s1.Nc1ccccc1. The van der Waals surface area contributed by atoms with E-state index in [-0.39, 0.29) is 0 Å². The van der Waals surface area contributed by atoms with Gasteiger partial charge in [-0.1, -0.05) is 18.2 Å². The van der Waals surface area contributed by atoms with Crippen LogP contribution in [0.2, 0.25) is 0 Å². The third kappa shape index (κ3) is 3.91. The maximum Gasteiger partial charge on any atom is 0.180 e. The Morgan fingerprint density at radius 3 is 2.00 bits per heavy atom. The number of nitrogen functional groups attached to an aromatic ring is 2. The average Bonchev–Trinajstić information content (AvgIpc) is 2.52. The Morgan fingerprint density at radius 2 is 1.79 bits per heavy atom. The number of aromatic nitrogens is 1. The molecule has 1 aromatic carbocycles. The van der Waals surface area contributed by atoms with Crippen molar-refractivity contribution in [3.05, 3.63) is 41.4 Å². The number of rotatable bonds is 0. The summed E-state index contributed by atoms with van der Waals surface area (Å²) in [6.07, 6.45) is 1.76.